The first-order valence-corrected chi connectivity index (χ1v) is 19.9. The van der Waals surface area contributed by atoms with Crippen molar-refractivity contribution >= 4 is 23.7 Å². The van der Waals surface area contributed by atoms with Crippen molar-refractivity contribution in [3.8, 4) is 12.3 Å². The molecule has 0 aliphatic carbocycles. The second kappa shape index (κ2) is 13.9. The summed E-state index contributed by atoms with van der Waals surface area (Å²) in [6.45, 7) is 25.0. The van der Waals surface area contributed by atoms with Crippen molar-refractivity contribution in [2.75, 3.05) is 0 Å². The molecule has 2 aromatic carbocycles. The number of terminal acetylenes is 1. The van der Waals surface area contributed by atoms with Crippen LogP contribution in [0.15, 0.2) is 48.5 Å². The molecule has 4 heteroatoms. The summed E-state index contributed by atoms with van der Waals surface area (Å²) >= 11 is 0. The van der Waals surface area contributed by atoms with Crippen LogP contribution < -0.4 is 0 Å². The molecule has 2 unspecified atom stereocenters. The van der Waals surface area contributed by atoms with Gasteiger partial charge in [0.25, 0.3) is 0 Å². The monoisotopic (exact) mass is 548 g/mol. The Balaban J connectivity index is 2.53. The lowest BCUT2D eigenvalue weighted by molar-refractivity contribution is 0.0655. The lowest BCUT2D eigenvalue weighted by atomic mass is 9.77. The number of allylic oxidation sites excluding steroid dienone is 2. The van der Waals surface area contributed by atoms with E-state index in [1.54, 1.807) is 0 Å². The van der Waals surface area contributed by atoms with Gasteiger partial charge in [0.2, 0.25) is 0 Å². The third-order valence-electron chi connectivity index (χ3n) is 6.74. The highest BCUT2D eigenvalue weighted by molar-refractivity contribution is 6.48. The van der Waals surface area contributed by atoms with Crippen LogP contribution in [0.2, 0.25) is 26.2 Å². The molecule has 0 N–H and O–H groups in total. The van der Waals surface area contributed by atoms with Gasteiger partial charge in [-0.3, -0.25) is 0 Å². The topological polar surface area (TPSA) is 18.5 Å². The fraction of sp³-hybridized carbons (Fsp3) is 0.529. The summed E-state index contributed by atoms with van der Waals surface area (Å²) in [6, 6.07) is 15.9. The third-order valence-corrected chi connectivity index (χ3v) is 8.38. The van der Waals surface area contributed by atoms with Gasteiger partial charge in [0.15, 0.2) is 18.1 Å². The molecule has 0 bridgehead atoms. The van der Waals surface area contributed by atoms with E-state index in [4.69, 9.17) is 15.3 Å². The average molecular weight is 549 g/mol. The molecule has 0 spiro atoms. The summed E-state index contributed by atoms with van der Waals surface area (Å²) in [5.41, 5.74) is 7.71. The number of aryl methyl sites for hydroxylation is 2. The van der Waals surface area contributed by atoms with Crippen LogP contribution in [0, 0.1) is 23.2 Å². The summed E-state index contributed by atoms with van der Waals surface area (Å²) in [7, 11) is -2.54. The van der Waals surface area contributed by atoms with Gasteiger partial charge in [-0.1, -0.05) is 96.9 Å². The van der Waals surface area contributed by atoms with E-state index < -0.39 is 18.1 Å². The van der Waals surface area contributed by atoms with Crippen molar-refractivity contribution in [1.82, 2.24) is 0 Å². The average Bonchev–Trinajstić information content (AvgIpc) is 2.81. The van der Waals surface area contributed by atoms with Gasteiger partial charge in [-0.05, 0) is 95.7 Å². The van der Waals surface area contributed by atoms with Crippen molar-refractivity contribution < 1.29 is 8.85 Å². The van der Waals surface area contributed by atoms with E-state index in [0.29, 0.717) is 0 Å². The van der Waals surface area contributed by atoms with Crippen LogP contribution in [0.3, 0.4) is 0 Å². The van der Waals surface area contributed by atoms with Crippen molar-refractivity contribution in [3.05, 3.63) is 76.4 Å². The first-order valence-electron chi connectivity index (χ1n) is 14.4. The molecule has 0 fully saturated rings. The van der Waals surface area contributed by atoms with Crippen LogP contribution in [0.1, 0.15) is 94.9 Å². The number of rotatable bonds is 11. The van der Waals surface area contributed by atoms with Crippen LogP contribution in [0.25, 0.3) is 5.57 Å². The molecule has 2 rings (SSSR count). The second-order valence-electron chi connectivity index (χ2n) is 13.2. The SMILES string of the molecule is C#C/C=C(\CC)c1cccc(CCc2ccc(C(O[SiH](C)C)C(C)(C)C)c(C(O[SiH](C)C)C(C)(C)C)c2)c1. The van der Waals surface area contributed by atoms with Crippen molar-refractivity contribution in [2.45, 2.75) is 106 Å². The minimum absolute atomic E-state index is 0.00540. The van der Waals surface area contributed by atoms with Gasteiger partial charge < -0.3 is 8.85 Å². The molecule has 0 aromatic heterocycles. The molecular weight excluding hydrogens is 497 g/mol. The molecule has 0 radical (unpaired) electrons. The zero-order valence-corrected chi connectivity index (χ0v) is 28.3. The van der Waals surface area contributed by atoms with E-state index in [0.717, 1.165) is 19.3 Å². The number of hydrogen-bond acceptors (Lipinski definition) is 2. The van der Waals surface area contributed by atoms with Gasteiger partial charge in [0.05, 0.1) is 12.2 Å². The Morgan fingerprint density at radius 1 is 0.816 bits per heavy atom. The van der Waals surface area contributed by atoms with Crippen LogP contribution >= 0.6 is 0 Å². The molecule has 0 saturated carbocycles. The zero-order chi connectivity index (χ0) is 28.7. The van der Waals surface area contributed by atoms with Crippen LogP contribution in [0.4, 0.5) is 0 Å². The fourth-order valence-electron chi connectivity index (χ4n) is 4.98. The number of benzene rings is 2. The maximum Gasteiger partial charge on any atom is 0.171 e. The van der Waals surface area contributed by atoms with Crippen LogP contribution in [0.5, 0.6) is 0 Å². The molecule has 0 saturated heterocycles. The van der Waals surface area contributed by atoms with Crippen molar-refractivity contribution in [3.63, 3.8) is 0 Å². The fourth-order valence-corrected chi connectivity index (χ4v) is 7.18. The van der Waals surface area contributed by atoms with E-state index >= 15 is 0 Å². The highest BCUT2D eigenvalue weighted by Crippen LogP contribution is 2.45. The molecule has 0 aliphatic rings. The normalized spacial score (nSPS) is 14.6. The van der Waals surface area contributed by atoms with Gasteiger partial charge in [0.1, 0.15) is 0 Å². The molecule has 38 heavy (non-hydrogen) atoms. The van der Waals surface area contributed by atoms with E-state index in [9.17, 15) is 0 Å². The van der Waals surface area contributed by atoms with Gasteiger partial charge in [-0.25, -0.2) is 0 Å². The molecule has 2 atom stereocenters. The van der Waals surface area contributed by atoms with Gasteiger partial charge >= 0.3 is 0 Å². The lowest BCUT2D eigenvalue weighted by Crippen LogP contribution is -2.31. The van der Waals surface area contributed by atoms with Crippen molar-refractivity contribution in [2.24, 2.45) is 10.8 Å². The van der Waals surface area contributed by atoms with Gasteiger partial charge in [-0.15, -0.1) is 6.42 Å². The van der Waals surface area contributed by atoms with Crippen LogP contribution in [-0.4, -0.2) is 18.1 Å². The Labute approximate surface area is 237 Å². The van der Waals surface area contributed by atoms with E-state index in [1.807, 2.05) is 6.08 Å². The molecule has 0 aliphatic heterocycles. The largest absolute Gasteiger partial charge is 0.413 e. The Morgan fingerprint density at radius 3 is 1.82 bits per heavy atom. The summed E-state index contributed by atoms with van der Waals surface area (Å²) in [5, 5.41) is 0. The molecule has 0 heterocycles. The Kier molecular flexibility index (Phi) is 11.9. The van der Waals surface area contributed by atoms with Gasteiger partial charge in [0, 0.05) is 0 Å². The standard InChI is InChI=1S/C34H52O2Si2/c1-13-16-27(14-2)28-18-15-17-25(23-28)19-20-26-21-22-29(31(33(3,4)5)35-37(9)10)30(24-26)32(34(6,7)8)36-38(11)12/h1,15-18,21-24,31-32,37-38H,14,19-20H2,2-12H3/b27-16+. The first-order chi connectivity index (χ1) is 17.7. The van der Waals surface area contributed by atoms with E-state index in [-0.39, 0.29) is 23.0 Å². The summed E-state index contributed by atoms with van der Waals surface area (Å²) in [6.07, 6.45) is 10.4. The maximum atomic E-state index is 6.78. The first kappa shape index (κ1) is 32.3. The minimum atomic E-state index is -1.28. The lowest BCUT2D eigenvalue weighted by Gasteiger charge is -2.39. The Hall–Kier alpha value is -1.91. The Bertz CT molecular complexity index is 1110. The van der Waals surface area contributed by atoms with E-state index in [1.165, 1.54) is 33.4 Å². The quantitative estimate of drug-likeness (QED) is 0.206. The van der Waals surface area contributed by atoms with Crippen LogP contribution in [-0.2, 0) is 21.7 Å². The minimum Gasteiger partial charge on any atom is -0.413 e. The predicted octanol–water partition coefficient (Wildman–Crippen LogP) is 9.07. The third kappa shape index (κ3) is 9.38. The summed E-state index contributed by atoms with van der Waals surface area (Å²) in [5.74, 6) is 2.69. The predicted molar refractivity (Wildman–Crippen MR) is 172 cm³/mol. The summed E-state index contributed by atoms with van der Waals surface area (Å²) in [4.78, 5) is 0. The highest BCUT2D eigenvalue weighted by Gasteiger charge is 2.35. The second-order valence-corrected chi connectivity index (χ2v) is 18.0. The smallest absolute Gasteiger partial charge is 0.171 e. The number of hydrogen-bond donors (Lipinski definition) is 0. The molecular formula is C34H52O2Si2. The Morgan fingerprint density at radius 2 is 1.34 bits per heavy atom. The van der Waals surface area contributed by atoms with Crippen molar-refractivity contribution in [1.29, 1.82) is 0 Å². The van der Waals surface area contributed by atoms with Gasteiger partial charge in [-0.2, -0.15) is 0 Å². The summed E-state index contributed by atoms with van der Waals surface area (Å²) < 4.78 is 13.5. The molecule has 2 aromatic rings. The highest BCUT2D eigenvalue weighted by atomic mass is 28.3. The maximum absolute atomic E-state index is 6.78. The molecule has 2 nitrogen and oxygen atoms in total. The molecule has 208 valence electrons. The zero-order valence-electron chi connectivity index (χ0n) is 25.9. The molecule has 0 amide bonds. The van der Waals surface area contributed by atoms with E-state index in [2.05, 4.69) is 123 Å².